The average Bonchev–Trinajstić information content (AvgIpc) is 3.52. The minimum Gasteiger partial charge on any atom is -0.358 e. The summed E-state index contributed by atoms with van der Waals surface area (Å²) in [6, 6.07) is 21.9. The molecule has 0 spiro atoms. The maximum Gasteiger partial charge on any atom is 0.242 e. The van der Waals surface area contributed by atoms with Crippen LogP contribution in [-0.2, 0) is 17.9 Å². The van der Waals surface area contributed by atoms with E-state index in [0.717, 1.165) is 24.0 Å². The van der Waals surface area contributed by atoms with Gasteiger partial charge >= 0.3 is 0 Å². The van der Waals surface area contributed by atoms with Crippen LogP contribution in [0.2, 0.25) is 0 Å². The lowest BCUT2D eigenvalue weighted by Gasteiger charge is -2.20. The van der Waals surface area contributed by atoms with Crippen LogP contribution < -0.4 is 16.0 Å². The minimum absolute atomic E-state index is 0.123. The zero-order chi connectivity index (χ0) is 27.5. The van der Waals surface area contributed by atoms with E-state index in [1.807, 2.05) is 65.5 Å². The second kappa shape index (κ2) is 13.4. The van der Waals surface area contributed by atoms with Crippen LogP contribution in [0, 0.1) is 17.9 Å². The second-order valence-corrected chi connectivity index (χ2v) is 9.03. The van der Waals surface area contributed by atoms with Crippen molar-refractivity contribution >= 4 is 23.4 Å². The molecule has 196 valence electrons. The molecule has 0 radical (unpaired) electrons. The molecule has 1 atom stereocenters. The standard InChI is InChI=1S/C30H30N8O/c1-3-4-10-26(29(39)33-20-22-11-13-25(32-2)14-12-22)35-27-18-28(38-15-5-6-16-38)37-30(36-27)34-21-24-9-7-8-23(17-24)19-31/h5-9,11-18,26H,3-4,10,20-21H2,1H3,(H,33,39)(H2,34,35,36,37)/t26-/m1/s1. The summed E-state index contributed by atoms with van der Waals surface area (Å²) < 4.78 is 1.88. The lowest BCUT2D eigenvalue weighted by molar-refractivity contribution is -0.122. The van der Waals surface area contributed by atoms with Crippen LogP contribution in [-0.4, -0.2) is 26.5 Å². The van der Waals surface area contributed by atoms with Gasteiger partial charge in [0.25, 0.3) is 0 Å². The Morgan fingerprint density at radius 3 is 2.56 bits per heavy atom. The van der Waals surface area contributed by atoms with Gasteiger partial charge in [-0.3, -0.25) is 4.79 Å². The summed E-state index contributed by atoms with van der Waals surface area (Å²) in [6.45, 7) is 9.99. The van der Waals surface area contributed by atoms with Crippen molar-refractivity contribution in [3.05, 3.63) is 107 Å². The Balaban J connectivity index is 1.52. The Kier molecular flexibility index (Phi) is 9.25. The Morgan fingerprint density at radius 1 is 1.05 bits per heavy atom. The molecule has 2 heterocycles. The van der Waals surface area contributed by atoms with E-state index in [1.165, 1.54) is 0 Å². The normalized spacial score (nSPS) is 11.2. The van der Waals surface area contributed by atoms with Crippen molar-refractivity contribution in [2.75, 3.05) is 10.6 Å². The fraction of sp³-hybridized carbons (Fsp3) is 0.233. The van der Waals surface area contributed by atoms with E-state index in [9.17, 15) is 10.1 Å². The Bertz CT molecular complexity index is 1470. The monoisotopic (exact) mass is 518 g/mol. The van der Waals surface area contributed by atoms with Crippen molar-refractivity contribution in [3.63, 3.8) is 0 Å². The Morgan fingerprint density at radius 2 is 1.85 bits per heavy atom. The average molecular weight is 519 g/mol. The van der Waals surface area contributed by atoms with Crippen molar-refractivity contribution in [1.82, 2.24) is 19.9 Å². The summed E-state index contributed by atoms with van der Waals surface area (Å²) in [5, 5.41) is 18.8. The highest BCUT2D eigenvalue weighted by molar-refractivity contribution is 5.84. The number of hydrogen-bond donors (Lipinski definition) is 3. The highest BCUT2D eigenvalue weighted by Crippen LogP contribution is 2.18. The van der Waals surface area contributed by atoms with Crippen LogP contribution in [0.1, 0.15) is 42.9 Å². The fourth-order valence-corrected chi connectivity index (χ4v) is 4.00. The number of nitrogens with one attached hydrogen (secondary N) is 3. The van der Waals surface area contributed by atoms with Crippen molar-refractivity contribution in [3.8, 4) is 11.9 Å². The molecule has 39 heavy (non-hydrogen) atoms. The van der Waals surface area contributed by atoms with Gasteiger partial charge in [0.15, 0.2) is 5.69 Å². The first-order valence-electron chi connectivity index (χ1n) is 12.8. The summed E-state index contributed by atoms with van der Waals surface area (Å²) in [5.41, 5.74) is 3.01. The summed E-state index contributed by atoms with van der Waals surface area (Å²) in [6.07, 6.45) is 6.27. The molecule has 4 aromatic rings. The van der Waals surface area contributed by atoms with E-state index in [2.05, 4.69) is 43.8 Å². The maximum atomic E-state index is 13.2. The number of nitrogens with zero attached hydrogens (tertiary/aromatic N) is 5. The molecule has 0 saturated heterocycles. The van der Waals surface area contributed by atoms with E-state index in [1.54, 1.807) is 18.2 Å². The summed E-state index contributed by atoms with van der Waals surface area (Å²) in [7, 11) is 0. The van der Waals surface area contributed by atoms with E-state index in [4.69, 9.17) is 6.57 Å². The third-order valence-electron chi connectivity index (χ3n) is 6.11. The molecule has 2 aromatic heterocycles. The molecule has 0 aliphatic rings. The molecule has 3 N–H and O–H groups in total. The van der Waals surface area contributed by atoms with Crippen molar-refractivity contribution in [2.45, 2.75) is 45.3 Å². The number of benzene rings is 2. The maximum absolute atomic E-state index is 13.2. The van der Waals surface area contributed by atoms with E-state index < -0.39 is 6.04 Å². The molecule has 0 fully saturated rings. The number of carbonyl (C=O) groups excluding carboxylic acids is 1. The van der Waals surface area contributed by atoms with Gasteiger partial charge in [-0.05, 0) is 41.8 Å². The first kappa shape index (κ1) is 26.9. The number of nitriles is 1. The van der Waals surface area contributed by atoms with Gasteiger partial charge in [-0.1, -0.05) is 56.2 Å². The van der Waals surface area contributed by atoms with E-state index >= 15 is 0 Å². The van der Waals surface area contributed by atoms with Crippen LogP contribution in [0.15, 0.2) is 79.1 Å². The zero-order valence-corrected chi connectivity index (χ0v) is 21.8. The number of amides is 1. The largest absolute Gasteiger partial charge is 0.358 e. The van der Waals surface area contributed by atoms with Gasteiger partial charge in [0.2, 0.25) is 11.9 Å². The molecule has 1 amide bonds. The Hall–Kier alpha value is -5.15. The Labute approximate surface area is 228 Å². The summed E-state index contributed by atoms with van der Waals surface area (Å²) in [5.74, 6) is 1.46. The minimum atomic E-state index is -0.486. The van der Waals surface area contributed by atoms with Crippen LogP contribution in [0.5, 0.6) is 0 Å². The topological polar surface area (TPSA) is 112 Å². The van der Waals surface area contributed by atoms with Crippen molar-refractivity contribution in [1.29, 1.82) is 5.26 Å². The molecular weight excluding hydrogens is 488 g/mol. The third-order valence-corrected chi connectivity index (χ3v) is 6.11. The van der Waals surface area contributed by atoms with Crippen LogP contribution in [0.3, 0.4) is 0 Å². The molecule has 2 aromatic carbocycles. The van der Waals surface area contributed by atoms with Gasteiger partial charge in [-0.25, -0.2) is 4.85 Å². The molecule has 0 aliphatic heterocycles. The number of hydrogen-bond acceptors (Lipinski definition) is 6. The molecule has 0 saturated carbocycles. The zero-order valence-electron chi connectivity index (χ0n) is 21.8. The second-order valence-electron chi connectivity index (χ2n) is 9.03. The SMILES string of the molecule is [C-]#[N+]c1ccc(CNC(=O)[C@@H](CCCC)Nc2cc(-n3cccc3)nc(NCc3cccc(C#N)c3)n2)cc1. The molecule has 0 aliphatic carbocycles. The first-order valence-corrected chi connectivity index (χ1v) is 12.8. The first-order chi connectivity index (χ1) is 19.1. The van der Waals surface area contributed by atoms with Crippen molar-refractivity contribution < 1.29 is 4.79 Å². The van der Waals surface area contributed by atoms with Gasteiger partial charge < -0.3 is 20.5 Å². The third kappa shape index (κ3) is 7.67. The predicted octanol–water partition coefficient (Wildman–Crippen LogP) is 5.59. The molecule has 4 rings (SSSR count). The summed E-state index contributed by atoms with van der Waals surface area (Å²) in [4.78, 5) is 25.9. The van der Waals surface area contributed by atoms with Crippen molar-refractivity contribution in [2.24, 2.45) is 0 Å². The smallest absolute Gasteiger partial charge is 0.242 e. The molecular formula is C30H30N8O. The highest BCUT2D eigenvalue weighted by Gasteiger charge is 2.19. The predicted molar refractivity (Wildman–Crippen MR) is 151 cm³/mol. The number of carbonyl (C=O) groups is 1. The van der Waals surface area contributed by atoms with Gasteiger partial charge in [0.1, 0.15) is 17.7 Å². The number of aromatic nitrogens is 3. The van der Waals surface area contributed by atoms with Gasteiger partial charge in [-0.2, -0.15) is 15.2 Å². The molecule has 0 bridgehead atoms. The number of unbranched alkanes of at least 4 members (excludes halogenated alkanes) is 1. The fourth-order valence-electron chi connectivity index (χ4n) is 4.00. The number of rotatable bonds is 12. The van der Waals surface area contributed by atoms with E-state index in [0.29, 0.717) is 48.3 Å². The quantitative estimate of drug-likeness (QED) is 0.211. The van der Waals surface area contributed by atoms with Gasteiger partial charge in [0.05, 0.1) is 18.2 Å². The molecule has 9 heteroatoms. The lowest BCUT2D eigenvalue weighted by Crippen LogP contribution is -2.39. The lowest BCUT2D eigenvalue weighted by atomic mass is 10.1. The molecule has 9 nitrogen and oxygen atoms in total. The number of anilines is 2. The van der Waals surface area contributed by atoms with Gasteiger partial charge in [0, 0.05) is 31.5 Å². The van der Waals surface area contributed by atoms with Crippen LogP contribution in [0.4, 0.5) is 17.5 Å². The molecule has 0 unspecified atom stereocenters. The van der Waals surface area contributed by atoms with E-state index in [-0.39, 0.29) is 5.91 Å². The van der Waals surface area contributed by atoms with Crippen LogP contribution >= 0.6 is 0 Å². The van der Waals surface area contributed by atoms with Crippen LogP contribution in [0.25, 0.3) is 10.7 Å². The highest BCUT2D eigenvalue weighted by atomic mass is 16.2. The summed E-state index contributed by atoms with van der Waals surface area (Å²) >= 11 is 0. The van der Waals surface area contributed by atoms with Gasteiger partial charge in [-0.15, -0.1) is 0 Å².